The van der Waals surface area contributed by atoms with E-state index in [1.54, 1.807) is 18.2 Å². The second-order valence-corrected chi connectivity index (χ2v) is 9.11. The fourth-order valence-corrected chi connectivity index (χ4v) is 4.01. The van der Waals surface area contributed by atoms with E-state index in [-0.39, 0.29) is 11.7 Å². The molecular weight excluding hydrogens is 481 g/mol. The average Bonchev–Trinajstić information content (AvgIpc) is 3.01. The lowest BCUT2D eigenvalue weighted by Gasteiger charge is -2.13. The van der Waals surface area contributed by atoms with Crippen molar-refractivity contribution < 1.29 is 4.79 Å². The number of hydrogen-bond acceptors (Lipinski definition) is 4. The number of carbonyl (C=O) groups excluding carboxylic acids is 1. The van der Waals surface area contributed by atoms with Crippen LogP contribution in [0.15, 0.2) is 56.9 Å². The normalized spacial score (nSPS) is 18.6. The van der Waals surface area contributed by atoms with E-state index < -0.39 is 5.66 Å². The molecule has 1 N–H and O–H groups in total. The van der Waals surface area contributed by atoms with Crippen LogP contribution in [0.5, 0.6) is 0 Å². The minimum absolute atomic E-state index is 0.147. The number of nitrogens with zero attached hydrogens (tertiary/aromatic N) is 2. The molecule has 1 heterocycles. The number of amides is 1. The maximum absolute atomic E-state index is 12.4. The van der Waals surface area contributed by atoms with Gasteiger partial charge in [-0.05, 0) is 43.7 Å². The number of anilines is 1. The molecule has 0 bridgehead atoms. The molecule has 146 valence electrons. The summed E-state index contributed by atoms with van der Waals surface area (Å²) in [7, 11) is 0. The van der Waals surface area contributed by atoms with Crippen LogP contribution in [0.2, 0.25) is 10.0 Å². The van der Waals surface area contributed by atoms with Crippen LogP contribution in [0.4, 0.5) is 5.69 Å². The maximum Gasteiger partial charge on any atom is 0.234 e. The summed E-state index contributed by atoms with van der Waals surface area (Å²) >= 11 is 16.7. The van der Waals surface area contributed by atoms with Crippen LogP contribution in [0.3, 0.4) is 0 Å². The fourth-order valence-electron chi connectivity index (χ4n) is 2.54. The first-order valence-corrected chi connectivity index (χ1v) is 11.2. The van der Waals surface area contributed by atoms with Crippen molar-refractivity contribution in [3.05, 3.63) is 62.5 Å². The van der Waals surface area contributed by atoms with Gasteiger partial charge in [-0.15, -0.1) is 0 Å². The Morgan fingerprint density at radius 1 is 1.14 bits per heavy atom. The highest BCUT2D eigenvalue weighted by Crippen LogP contribution is 2.30. The van der Waals surface area contributed by atoms with Crippen LogP contribution in [0.1, 0.15) is 25.8 Å². The van der Waals surface area contributed by atoms with Gasteiger partial charge in [0, 0.05) is 15.7 Å². The molecule has 1 aliphatic heterocycles. The van der Waals surface area contributed by atoms with Crippen molar-refractivity contribution in [2.24, 2.45) is 9.98 Å². The molecule has 4 nitrogen and oxygen atoms in total. The molecule has 0 fully saturated rings. The smallest absolute Gasteiger partial charge is 0.234 e. The zero-order valence-electron chi connectivity index (χ0n) is 15.3. The molecular formula is C20H18BrCl2N3OS. The van der Waals surface area contributed by atoms with Gasteiger partial charge in [0.2, 0.25) is 5.91 Å². The van der Waals surface area contributed by atoms with Crippen LogP contribution in [0.25, 0.3) is 0 Å². The van der Waals surface area contributed by atoms with Crippen molar-refractivity contribution in [3.8, 4) is 0 Å². The standard InChI is InChI=1S/C20H18BrCl2N3OS/c1-3-20(2)25-18(12-4-6-13(21)7-5-12)19(26-20)28-11-17(27)24-14-8-9-15(22)16(23)10-14/h4-10H,3,11H2,1-2H3,(H,24,27)/t20-/m1/s1. The van der Waals surface area contributed by atoms with Gasteiger partial charge in [0.15, 0.2) is 0 Å². The van der Waals surface area contributed by atoms with Crippen LogP contribution in [-0.2, 0) is 4.79 Å². The lowest BCUT2D eigenvalue weighted by molar-refractivity contribution is -0.113. The van der Waals surface area contributed by atoms with Gasteiger partial charge in [-0.25, -0.2) is 4.99 Å². The SMILES string of the molecule is CC[C@@]1(C)N=C(SCC(=O)Nc2ccc(Cl)c(Cl)c2)C(c2ccc(Br)cc2)=N1. The topological polar surface area (TPSA) is 53.8 Å². The van der Waals surface area contributed by atoms with E-state index in [0.717, 1.165) is 27.2 Å². The minimum atomic E-state index is -0.495. The largest absolute Gasteiger partial charge is 0.325 e. The Kier molecular flexibility index (Phi) is 6.86. The molecule has 1 aliphatic rings. The summed E-state index contributed by atoms with van der Waals surface area (Å²) in [5, 5.41) is 4.45. The van der Waals surface area contributed by atoms with Gasteiger partial charge in [0.05, 0.1) is 21.5 Å². The lowest BCUT2D eigenvalue weighted by atomic mass is 10.1. The first kappa shape index (κ1) is 21.4. The van der Waals surface area contributed by atoms with Crippen molar-refractivity contribution in [2.45, 2.75) is 25.9 Å². The summed E-state index contributed by atoms with van der Waals surface area (Å²) in [4.78, 5) is 22.0. The van der Waals surface area contributed by atoms with Crippen molar-refractivity contribution in [1.29, 1.82) is 0 Å². The second-order valence-electron chi connectivity index (χ2n) is 6.42. The Balaban J connectivity index is 1.71. The molecule has 2 aromatic rings. The van der Waals surface area contributed by atoms with Crippen LogP contribution < -0.4 is 5.32 Å². The Morgan fingerprint density at radius 2 is 1.86 bits per heavy atom. The Hall–Kier alpha value is -1.34. The zero-order valence-corrected chi connectivity index (χ0v) is 19.2. The van der Waals surface area contributed by atoms with Crippen LogP contribution in [0, 0.1) is 0 Å². The summed E-state index contributed by atoms with van der Waals surface area (Å²) in [6, 6.07) is 12.9. The maximum atomic E-state index is 12.4. The van der Waals surface area contributed by atoms with Gasteiger partial charge in [-0.3, -0.25) is 9.79 Å². The zero-order chi connectivity index (χ0) is 20.3. The van der Waals surface area contributed by atoms with Crippen molar-refractivity contribution in [1.82, 2.24) is 0 Å². The molecule has 0 radical (unpaired) electrons. The molecule has 28 heavy (non-hydrogen) atoms. The average molecular weight is 499 g/mol. The van der Waals surface area contributed by atoms with Gasteiger partial charge in [0.1, 0.15) is 10.7 Å². The van der Waals surface area contributed by atoms with E-state index in [0.29, 0.717) is 15.7 Å². The number of benzene rings is 2. The van der Waals surface area contributed by atoms with Gasteiger partial charge in [-0.2, -0.15) is 0 Å². The third-order valence-corrected chi connectivity index (χ3v) is 6.46. The number of carbonyl (C=O) groups is 1. The van der Waals surface area contributed by atoms with Gasteiger partial charge >= 0.3 is 0 Å². The van der Waals surface area contributed by atoms with Crippen LogP contribution >= 0.6 is 50.9 Å². The highest BCUT2D eigenvalue weighted by molar-refractivity contribution is 9.10. The molecule has 8 heteroatoms. The molecule has 0 aromatic heterocycles. The predicted octanol–water partition coefficient (Wildman–Crippen LogP) is 6.46. The summed E-state index contributed by atoms with van der Waals surface area (Å²) in [5.41, 5.74) is 1.92. The van der Waals surface area contributed by atoms with E-state index in [1.807, 2.05) is 31.2 Å². The van der Waals surface area contributed by atoms with Crippen molar-refractivity contribution in [3.63, 3.8) is 0 Å². The summed E-state index contributed by atoms with van der Waals surface area (Å²) in [6.45, 7) is 4.05. The van der Waals surface area contributed by atoms with Crippen molar-refractivity contribution in [2.75, 3.05) is 11.1 Å². The number of thioether (sulfide) groups is 1. The van der Waals surface area contributed by atoms with E-state index in [4.69, 9.17) is 33.2 Å². The summed E-state index contributed by atoms with van der Waals surface area (Å²) in [5.74, 6) is 0.0698. The number of halogens is 3. The molecule has 0 spiro atoms. The van der Waals surface area contributed by atoms with E-state index in [1.165, 1.54) is 11.8 Å². The van der Waals surface area contributed by atoms with E-state index in [2.05, 4.69) is 28.2 Å². The Labute approximate surface area is 187 Å². The number of aliphatic imine (C=N–C) groups is 2. The quantitative estimate of drug-likeness (QED) is 0.514. The number of rotatable bonds is 5. The number of nitrogens with one attached hydrogen (secondary N) is 1. The molecule has 2 aromatic carbocycles. The lowest BCUT2D eigenvalue weighted by Crippen LogP contribution is -2.17. The van der Waals surface area contributed by atoms with Gasteiger partial charge in [-0.1, -0.05) is 70.0 Å². The first-order valence-electron chi connectivity index (χ1n) is 8.63. The molecule has 0 unspecified atom stereocenters. The first-order chi connectivity index (χ1) is 13.3. The molecule has 1 atom stereocenters. The highest BCUT2D eigenvalue weighted by atomic mass is 79.9. The molecule has 0 saturated carbocycles. The van der Waals surface area contributed by atoms with E-state index in [9.17, 15) is 4.79 Å². The predicted molar refractivity (Wildman–Crippen MR) is 124 cm³/mol. The molecule has 3 rings (SSSR count). The Bertz CT molecular complexity index is 962. The Morgan fingerprint density at radius 3 is 2.50 bits per heavy atom. The van der Waals surface area contributed by atoms with Crippen LogP contribution in [-0.4, -0.2) is 28.1 Å². The highest BCUT2D eigenvalue weighted by Gasteiger charge is 2.31. The number of hydrogen-bond donors (Lipinski definition) is 1. The fraction of sp³-hybridized carbons (Fsp3) is 0.250. The minimum Gasteiger partial charge on any atom is -0.325 e. The van der Waals surface area contributed by atoms with Gasteiger partial charge < -0.3 is 5.32 Å². The summed E-state index contributed by atoms with van der Waals surface area (Å²) < 4.78 is 1.00. The van der Waals surface area contributed by atoms with E-state index >= 15 is 0 Å². The monoisotopic (exact) mass is 497 g/mol. The molecule has 0 aliphatic carbocycles. The summed E-state index contributed by atoms with van der Waals surface area (Å²) in [6.07, 6.45) is 0.784. The second kappa shape index (κ2) is 8.99. The van der Waals surface area contributed by atoms with Gasteiger partial charge in [0.25, 0.3) is 0 Å². The third kappa shape index (κ3) is 5.17. The van der Waals surface area contributed by atoms with Crippen molar-refractivity contribution >= 4 is 73.2 Å². The molecule has 0 saturated heterocycles. The third-order valence-electron chi connectivity index (χ3n) is 4.23. The molecule has 1 amide bonds.